The maximum absolute atomic E-state index is 12.7. The predicted molar refractivity (Wildman–Crippen MR) is 98.0 cm³/mol. The fraction of sp³-hybridized carbons (Fsp3) is 0.600. The molecule has 2 N–H and O–H groups in total. The Morgan fingerprint density at radius 2 is 1.81 bits per heavy atom. The van der Waals surface area contributed by atoms with Gasteiger partial charge >= 0.3 is 6.18 Å². The molecule has 0 aliphatic heterocycles. The minimum atomic E-state index is -4.45. The molecule has 0 spiro atoms. The SMILES string of the molecule is C[C@@H]1[C@H](C)CCC[C@H]1NC(=O)CCCC(=O)Nc1cccc(C(F)(F)F)c1. The van der Waals surface area contributed by atoms with Crippen LogP contribution in [0.1, 0.15) is 57.9 Å². The Hall–Kier alpha value is -2.05. The monoisotopic (exact) mass is 384 g/mol. The number of hydrogen-bond donors (Lipinski definition) is 2. The van der Waals surface area contributed by atoms with Gasteiger partial charge in [0.05, 0.1) is 5.56 Å². The van der Waals surface area contributed by atoms with Crippen molar-refractivity contribution >= 4 is 17.5 Å². The minimum absolute atomic E-state index is 0.0761. The molecule has 0 unspecified atom stereocenters. The normalized spacial score (nSPS) is 22.9. The molecular formula is C20H27F3N2O2. The first kappa shape index (κ1) is 21.3. The van der Waals surface area contributed by atoms with Crippen LogP contribution >= 0.6 is 0 Å². The van der Waals surface area contributed by atoms with Gasteiger partial charge in [-0.05, 0) is 42.9 Å². The lowest BCUT2D eigenvalue weighted by molar-refractivity contribution is -0.137. The van der Waals surface area contributed by atoms with Gasteiger partial charge in [-0.3, -0.25) is 9.59 Å². The van der Waals surface area contributed by atoms with Gasteiger partial charge in [0.15, 0.2) is 0 Å². The first-order valence-corrected chi connectivity index (χ1v) is 9.43. The van der Waals surface area contributed by atoms with Gasteiger partial charge in [0, 0.05) is 24.6 Å². The molecule has 7 heteroatoms. The van der Waals surface area contributed by atoms with E-state index in [4.69, 9.17) is 0 Å². The molecule has 0 aromatic heterocycles. The highest BCUT2D eigenvalue weighted by Crippen LogP contribution is 2.31. The largest absolute Gasteiger partial charge is 0.416 e. The van der Waals surface area contributed by atoms with Gasteiger partial charge in [-0.1, -0.05) is 32.8 Å². The number of alkyl halides is 3. The van der Waals surface area contributed by atoms with E-state index in [1.54, 1.807) is 0 Å². The van der Waals surface area contributed by atoms with Crippen LogP contribution in [0.4, 0.5) is 18.9 Å². The van der Waals surface area contributed by atoms with Crippen LogP contribution in [0.3, 0.4) is 0 Å². The lowest BCUT2D eigenvalue weighted by Crippen LogP contribution is -2.43. The second-order valence-corrected chi connectivity index (χ2v) is 7.42. The molecule has 0 heterocycles. The van der Waals surface area contributed by atoms with Gasteiger partial charge in [-0.25, -0.2) is 0 Å². The van der Waals surface area contributed by atoms with E-state index in [9.17, 15) is 22.8 Å². The van der Waals surface area contributed by atoms with E-state index in [1.165, 1.54) is 18.6 Å². The molecular weight excluding hydrogens is 357 g/mol. The highest BCUT2D eigenvalue weighted by molar-refractivity contribution is 5.91. The van der Waals surface area contributed by atoms with Crippen LogP contribution in [0.15, 0.2) is 24.3 Å². The third kappa shape index (κ3) is 6.56. The number of carbonyl (C=O) groups is 2. The lowest BCUT2D eigenvalue weighted by atomic mass is 9.78. The standard InChI is InChI=1S/C20H27F3N2O2/c1-13-6-3-9-17(14(13)2)25-19(27)11-5-10-18(26)24-16-8-4-7-15(12-16)20(21,22)23/h4,7-8,12-14,17H,3,5-6,9-11H2,1-2H3,(H,24,26)(H,25,27)/t13-,14-,17-/m1/s1. The summed E-state index contributed by atoms with van der Waals surface area (Å²) in [5.41, 5.74) is -0.709. The van der Waals surface area contributed by atoms with Crippen molar-refractivity contribution in [3.8, 4) is 0 Å². The number of halogens is 3. The number of anilines is 1. The Morgan fingerprint density at radius 3 is 2.52 bits per heavy atom. The third-order valence-electron chi connectivity index (χ3n) is 5.33. The average molecular weight is 384 g/mol. The second kappa shape index (κ2) is 9.24. The van der Waals surface area contributed by atoms with Gasteiger partial charge in [0.2, 0.25) is 11.8 Å². The zero-order valence-corrected chi connectivity index (χ0v) is 15.7. The summed E-state index contributed by atoms with van der Waals surface area (Å²) in [7, 11) is 0. The van der Waals surface area contributed by atoms with Crippen molar-refractivity contribution in [1.29, 1.82) is 0 Å². The molecule has 1 aromatic rings. The van der Waals surface area contributed by atoms with E-state index in [-0.39, 0.29) is 30.5 Å². The van der Waals surface area contributed by atoms with Crippen LogP contribution in [0.25, 0.3) is 0 Å². The molecule has 4 nitrogen and oxygen atoms in total. The average Bonchev–Trinajstić information content (AvgIpc) is 2.58. The van der Waals surface area contributed by atoms with Crippen LogP contribution in [0, 0.1) is 11.8 Å². The summed E-state index contributed by atoms with van der Waals surface area (Å²) in [5, 5.41) is 5.50. The van der Waals surface area contributed by atoms with Crippen molar-refractivity contribution in [3.05, 3.63) is 29.8 Å². The fourth-order valence-corrected chi connectivity index (χ4v) is 3.47. The van der Waals surface area contributed by atoms with Crippen molar-refractivity contribution < 1.29 is 22.8 Å². The molecule has 1 aliphatic rings. The van der Waals surface area contributed by atoms with Gasteiger partial charge in [0.25, 0.3) is 0 Å². The smallest absolute Gasteiger partial charge is 0.353 e. The molecule has 3 atom stereocenters. The molecule has 1 fully saturated rings. The van der Waals surface area contributed by atoms with Gasteiger partial charge in [0.1, 0.15) is 0 Å². The maximum atomic E-state index is 12.7. The van der Waals surface area contributed by atoms with Crippen molar-refractivity contribution in [2.45, 2.75) is 64.6 Å². The summed E-state index contributed by atoms with van der Waals surface area (Å²) in [5.74, 6) is 0.545. The topological polar surface area (TPSA) is 58.2 Å². The fourth-order valence-electron chi connectivity index (χ4n) is 3.47. The Bertz CT molecular complexity index is 661. The summed E-state index contributed by atoms with van der Waals surface area (Å²) < 4.78 is 38.1. The van der Waals surface area contributed by atoms with Crippen LogP contribution in [-0.2, 0) is 15.8 Å². The second-order valence-electron chi connectivity index (χ2n) is 7.42. The third-order valence-corrected chi connectivity index (χ3v) is 5.33. The van der Waals surface area contributed by atoms with Crippen LogP contribution in [-0.4, -0.2) is 17.9 Å². The highest BCUT2D eigenvalue weighted by Gasteiger charge is 2.30. The number of carbonyl (C=O) groups excluding carboxylic acids is 2. The van der Waals surface area contributed by atoms with E-state index in [0.717, 1.165) is 25.0 Å². The number of rotatable bonds is 6. The molecule has 1 aliphatic carbocycles. The molecule has 27 heavy (non-hydrogen) atoms. The van der Waals surface area contributed by atoms with E-state index in [0.29, 0.717) is 18.3 Å². The quantitative estimate of drug-likeness (QED) is 0.743. The summed E-state index contributed by atoms with van der Waals surface area (Å²) in [6.07, 6.45) is -0.514. The minimum Gasteiger partial charge on any atom is -0.353 e. The first-order chi connectivity index (χ1) is 12.7. The van der Waals surface area contributed by atoms with Crippen LogP contribution in [0.5, 0.6) is 0 Å². The zero-order chi connectivity index (χ0) is 20.0. The van der Waals surface area contributed by atoms with E-state index in [1.807, 2.05) is 0 Å². The number of hydrogen-bond acceptors (Lipinski definition) is 2. The number of nitrogens with one attached hydrogen (secondary N) is 2. The maximum Gasteiger partial charge on any atom is 0.416 e. The Morgan fingerprint density at radius 1 is 1.11 bits per heavy atom. The van der Waals surface area contributed by atoms with Crippen LogP contribution in [0.2, 0.25) is 0 Å². The Labute approximate surface area is 157 Å². The molecule has 1 aromatic carbocycles. The van der Waals surface area contributed by atoms with Gasteiger partial charge in [-0.2, -0.15) is 13.2 Å². The van der Waals surface area contributed by atoms with Crippen molar-refractivity contribution in [1.82, 2.24) is 5.32 Å². The molecule has 0 radical (unpaired) electrons. The summed E-state index contributed by atoms with van der Waals surface area (Å²) in [4.78, 5) is 24.0. The van der Waals surface area contributed by atoms with Crippen molar-refractivity contribution in [3.63, 3.8) is 0 Å². The number of amides is 2. The zero-order valence-electron chi connectivity index (χ0n) is 15.7. The summed E-state index contributed by atoms with van der Waals surface area (Å²) in [6.45, 7) is 4.35. The first-order valence-electron chi connectivity index (χ1n) is 9.43. The Kier molecular flexibility index (Phi) is 7.27. The van der Waals surface area contributed by atoms with Crippen molar-refractivity contribution in [2.24, 2.45) is 11.8 Å². The molecule has 2 amide bonds. The van der Waals surface area contributed by atoms with Gasteiger partial charge < -0.3 is 10.6 Å². The van der Waals surface area contributed by atoms with Gasteiger partial charge in [-0.15, -0.1) is 0 Å². The van der Waals surface area contributed by atoms with E-state index in [2.05, 4.69) is 24.5 Å². The Balaban J connectivity index is 1.74. The van der Waals surface area contributed by atoms with Crippen molar-refractivity contribution in [2.75, 3.05) is 5.32 Å². The molecule has 0 bridgehead atoms. The summed E-state index contributed by atoms with van der Waals surface area (Å²) in [6, 6.07) is 4.69. The molecule has 150 valence electrons. The lowest BCUT2D eigenvalue weighted by Gasteiger charge is -2.34. The number of benzene rings is 1. The van der Waals surface area contributed by atoms with E-state index >= 15 is 0 Å². The highest BCUT2D eigenvalue weighted by atomic mass is 19.4. The van der Waals surface area contributed by atoms with Crippen LogP contribution < -0.4 is 10.6 Å². The summed E-state index contributed by atoms with van der Waals surface area (Å²) >= 11 is 0. The molecule has 1 saturated carbocycles. The molecule has 2 rings (SSSR count). The predicted octanol–water partition coefficient (Wildman–Crippen LogP) is 4.76. The molecule has 0 saturated heterocycles. The van der Waals surface area contributed by atoms with E-state index < -0.39 is 17.6 Å².